The number of aliphatic carboxylic acids is 1. The number of carbonyl (C=O) groups excluding carboxylic acids is 2. The molecule has 2 aromatic rings. The molecule has 1 amide bonds. The van der Waals surface area contributed by atoms with Crippen molar-refractivity contribution >= 4 is 30.3 Å². The van der Waals surface area contributed by atoms with Crippen LogP contribution in [0.25, 0.3) is 0 Å². The highest BCUT2D eigenvalue weighted by Gasteiger charge is 2.47. The number of hydrogen-bond donors (Lipinski definition) is 5. The average Bonchev–Trinajstić information content (AvgIpc) is 2.78. The predicted octanol–water partition coefficient (Wildman–Crippen LogP) is 2.27. The van der Waals surface area contributed by atoms with E-state index in [0.717, 1.165) is 0 Å². The van der Waals surface area contributed by atoms with Gasteiger partial charge >= 0.3 is 5.97 Å². The van der Waals surface area contributed by atoms with Crippen LogP contribution in [0.15, 0.2) is 54.6 Å². The number of nitrogens with two attached hydrogens (primary N) is 1. The molecule has 0 saturated heterocycles. The van der Waals surface area contributed by atoms with Gasteiger partial charge in [-0.25, -0.2) is 4.79 Å². The van der Waals surface area contributed by atoms with E-state index in [0.29, 0.717) is 12.0 Å². The van der Waals surface area contributed by atoms with Crippen LogP contribution in [0.5, 0.6) is 5.75 Å². The fourth-order valence-corrected chi connectivity index (χ4v) is 3.56. The lowest BCUT2D eigenvalue weighted by molar-refractivity contribution is -0.145. The highest BCUT2D eigenvalue weighted by atomic mass is 32.1. The summed E-state index contributed by atoms with van der Waals surface area (Å²) in [6.07, 6.45) is 0.612. The van der Waals surface area contributed by atoms with E-state index in [4.69, 9.17) is 5.73 Å². The zero-order valence-corrected chi connectivity index (χ0v) is 18.4. The Bertz CT molecular complexity index is 919. The van der Waals surface area contributed by atoms with Crippen molar-refractivity contribution < 1.29 is 24.6 Å². The number of carboxylic acid groups (broad SMARTS) is 1. The zero-order valence-electron chi connectivity index (χ0n) is 17.5. The summed E-state index contributed by atoms with van der Waals surface area (Å²) in [7, 11) is 0. The molecule has 0 aliphatic rings. The average molecular weight is 445 g/mol. The monoisotopic (exact) mass is 444 g/mol. The van der Waals surface area contributed by atoms with Crippen LogP contribution in [0, 0.1) is 5.92 Å². The number of hydrogen-bond acceptors (Lipinski definition) is 6. The van der Waals surface area contributed by atoms with Gasteiger partial charge in [0.25, 0.3) is 5.91 Å². The molecule has 0 heterocycles. The number of phenols is 1. The summed E-state index contributed by atoms with van der Waals surface area (Å²) < 4.78 is 0. The summed E-state index contributed by atoms with van der Waals surface area (Å²) in [5, 5.41) is 20.7. The van der Waals surface area contributed by atoms with Crippen LogP contribution in [0.4, 0.5) is 0 Å². The van der Waals surface area contributed by atoms with E-state index >= 15 is 0 Å². The van der Waals surface area contributed by atoms with Crippen LogP contribution in [0.2, 0.25) is 0 Å². The second kappa shape index (κ2) is 10.5. The van der Waals surface area contributed by atoms with Gasteiger partial charge in [-0.1, -0.05) is 62.7 Å². The Kier molecular flexibility index (Phi) is 8.24. The molecule has 3 unspecified atom stereocenters. The van der Waals surface area contributed by atoms with Crippen molar-refractivity contribution in [1.82, 2.24) is 5.32 Å². The molecule has 0 spiro atoms. The Morgan fingerprint density at radius 1 is 1.10 bits per heavy atom. The van der Waals surface area contributed by atoms with E-state index in [2.05, 4.69) is 17.9 Å². The molecule has 0 bridgehead atoms. The van der Waals surface area contributed by atoms with E-state index in [1.54, 1.807) is 42.5 Å². The first-order chi connectivity index (χ1) is 14.6. The van der Waals surface area contributed by atoms with Crippen LogP contribution < -0.4 is 11.1 Å². The first-order valence-corrected chi connectivity index (χ1v) is 10.5. The van der Waals surface area contributed by atoms with Gasteiger partial charge in [-0.3, -0.25) is 9.59 Å². The summed E-state index contributed by atoms with van der Waals surface area (Å²) in [5.41, 5.74) is 5.17. The maximum absolute atomic E-state index is 13.3. The fraction of sp³-hybridized carbons (Fsp3) is 0.348. The van der Waals surface area contributed by atoms with E-state index in [1.807, 2.05) is 13.8 Å². The Balaban J connectivity index is 2.38. The van der Waals surface area contributed by atoms with E-state index in [9.17, 15) is 24.6 Å². The fourth-order valence-electron chi connectivity index (χ4n) is 3.14. The normalized spacial score (nSPS) is 15.9. The summed E-state index contributed by atoms with van der Waals surface area (Å²) in [6.45, 7) is 3.74. The molecular formula is C23H28N2O5S. The van der Waals surface area contributed by atoms with Gasteiger partial charge in [-0.05, 0) is 29.2 Å². The number of nitrogens with one attached hydrogen (secondary N) is 1. The minimum absolute atomic E-state index is 0.0418. The number of aromatic hydroxyl groups is 1. The molecule has 0 aliphatic heterocycles. The SMILES string of the molecule is CCC(C)C(S)C(=O)C(N)(C(=O)N[C@@H](Cc1ccc(O)cc1)C(=O)O)c1ccccc1. The quantitative estimate of drug-likeness (QED) is 0.282. The molecule has 8 heteroatoms. The lowest BCUT2D eigenvalue weighted by Crippen LogP contribution is -2.62. The molecule has 0 radical (unpaired) electrons. The second-order valence-corrected chi connectivity index (χ2v) is 8.16. The first-order valence-electron chi connectivity index (χ1n) is 9.99. The van der Waals surface area contributed by atoms with Gasteiger partial charge in [0.1, 0.15) is 11.8 Å². The van der Waals surface area contributed by atoms with Gasteiger partial charge in [0.15, 0.2) is 11.3 Å². The molecule has 2 rings (SSSR count). The number of carboxylic acids is 1. The molecule has 5 N–H and O–H groups in total. The predicted molar refractivity (Wildman–Crippen MR) is 121 cm³/mol. The number of amides is 1. The van der Waals surface area contributed by atoms with Crippen molar-refractivity contribution in [3.8, 4) is 5.75 Å². The molecule has 4 atom stereocenters. The van der Waals surface area contributed by atoms with Crippen molar-refractivity contribution in [1.29, 1.82) is 0 Å². The molecule has 0 aromatic heterocycles. The largest absolute Gasteiger partial charge is 0.508 e. The summed E-state index contributed by atoms with van der Waals surface area (Å²) in [5.74, 6) is -2.86. The smallest absolute Gasteiger partial charge is 0.326 e. The van der Waals surface area contributed by atoms with E-state index in [1.165, 1.54) is 12.1 Å². The second-order valence-electron chi connectivity index (χ2n) is 7.60. The number of carbonyl (C=O) groups is 3. The highest BCUT2D eigenvalue weighted by molar-refractivity contribution is 7.81. The van der Waals surface area contributed by atoms with Crippen molar-refractivity contribution in [2.45, 2.75) is 43.5 Å². The lowest BCUT2D eigenvalue weighted by atomic mass is 9.81. The number of thiol groups is 1. The Labute approximate surface area is 187 Å². The van der Waals surface area contributed by atoms with E-state index < -0.39 is 34.5 Å². The third-order valence-electron chi connectivity index (χ3n) is 5.41. The Morgan fingerprint density at radius 3 is 2.19 bits per heavy atom. The molecule has 0 fully saturated rings. The minimum atomic E-state index is -2.10. The molecule has 0 aliphatic carbocycles. The van der Waals surface area contributed by atoms with Crippen LogP contribution in [0.1, 0.15) is 31.4 Å². The maximum atomic E-state index is 13.3. The van der Waals surface area contributed by atoms with Gasteiger partial charge in [0.05, 0.1) is 5.25 Å². The summed E-state index contributed by atoms with van der Waals surface area (Å²) >= 11 is 4.41. The molecule has 2 aromatic carbocycles. The molecule has 166 valence electrons. The van der Waals surface area contributed by atoms with Crippen molar-refractivity contribution in [2.24, 2.45) is 11.7 Å². The Hall–Kier alpha value is -2.84. The number of rotatable bonds is 10. The number of benzene rings is 2. The molecule has 7 nitrogen and oxygen atoms in total. The Morgan fingerprint density at radius 2 is 1.68 bits per heavy atom. The third kappa shape index (κ3) is 5.65. The van der Waals surface area contributed by atoms with Gasteiger partial charge < -0.3 is 21.3 Å². The van der Waals surface area contributed by atoms with Crippen LogP contribution in [-0.2, 0) is 26.3 Å². The van der Waals surface area contributed by atoms with Crippen molar-refractivity contribution in [2.75, 3.05) is 0 Å². The van der Waals surface area contributed by atoms with Gasteiger partial charge in [-0.2, -0.15) is 12.6 Å². The lowest BCUT2D eigenvalue weighted by Gasteiger charge is -2.32. The summed E-state index contributed by atoms with van der Waals surface area (Å²) in [4.78, 5) is 38.4. The number of Topliss-reactive ketones (excluding diaryl/α,β-unsaturated/α-hetero) is 1. The topological polar surface area (TPSA) is 130 Å². The summed E-state index contributed by atoms with van der Waals surface area (Å²) in [6, 6.07) is 12.8. The highest BCUT2D eigenvalue weighted by Crippen LogP contribution is 2.27. The molecule has 0 saturated carbocycles. The number of ketones is 1. The van der Waals surface area contributed by atoms with Gasteiger partial charge in [-0.15, -0.1) is 0 Å². The van der Waals surface area contributed by atoms with Crippen molar-refractivity contribution in [3.63, 3.8) is 0 Å². The maximum Gasteiger partial charge on any atom is 0.326 e. The molecular weight excluding hydrogens is 416 g/mol. The van der Waals surface area contributed by atoms with Crippen molar-refractivity contribution in [3.05, 3.63) is 65.7 Å². The zero-order chi connectivity index (χ0) is 23.2. The first kappa shape index (κ1) is 24.4. The van der Waals surface area contributed by atoms with Gasteiger partial charge in [0, 0.05) is 6.42 Å². The third-order valence-corrected chi connectivity index (χ3v) is 6.15. The van der Waals surface area contributed by atoms with Gasteiger partial charge in [0.2, 0.25) is 0 Å². The van der Waals surface area contributed by atoms with Crippen LogP contribution >= 0.6 is 12.6 Å². The van der Waals surface area contributed by atoms with E-state index in [-0.39, 0.29) is 23.7 Å². The van der Waals surface area contributed by atoms with Crippen LogP contribution in [0.3, 0.4) is 0 Å². The number of phenolic OH excluding ortho intramolecular Hbond substituents is 1. The minimum Gasteiger partial charge on any atom is -0.508 e. The molecule has 31 heavy (non-hydrogen) atoms. The van der Waals surface area contributed by atoms with Crippen LogP contribution in [-0.4, -0.2) is 39.2 Å². The standard InChI is InChI=1S/C23H28N2O5S/c1-3-14(2)19(31)20(27)23(24,16-7-5-4-6-8-16)22(30)25-18(21(28)29)13-15-9-11-17(26)12-10-15/h4-12,14,18-19,26,31H,3,13,24H2,1-2H3,(H,25,30)(H,28,29)/t14?,18-,19?,23?/m0/s1.